The molecule has 1 N–H and O–H groups in total. The average molecular weight is 374 g/mol. The zero-order valence-electron chi connectivity index (χ0n) is 15.7. The molecule has 4 rings (SSSR count). The number of hydrogen-bond donors (Lipinski definition) is 1. The molecule has 5 heteroatoms. The van der Waals surface area contributed by atoms with Crippen LogP contribution >= 0.6 is 0 Å². The lowest BCUT2D eigenvalue weighted by Crippen LogP contribution is -2.28. The molecule has 0 bridgehead atoms. The van der Waals surface area contributed by atoms with Crippen molar-refractivity contribution in [3.05, 3.63) is 83.8 Å². The fourth-order valence-electron chi connectivity index (χ4n) is 3.69. The van der Waals surface area contributed by atoms with Gasteiger partial charge in [-0.1, -0.05) is 43.3 Å². The van der Waals surface area contributed by atoms with Crippen LogP contribution in [0, 0.1) is 0 Å². The molecule has 28 heavy (non-hydrogen) atoms. The molecule has 0 aliphatic carbocycles. The van der Waals surface area contributed by atoms with Gasteiger partial charge >= 0.3 is 0 Å². The lowest BCUT2D eigenvalue weighted by atomic mass is 9.95. The Morgan fingerprint density at radius 1 is 1.11 bits per heavy atom. The van der Waals surface area contributed by atoms with E-state index in [0.29, 0.717) is 24.4 Å². The Morgan fingerprint density at radius 3 is 2.64 bits per heavy atom. The number of nitrogens with one attached hydrogen (secondary N) is 1. The molecule has 142 valence electrons. The molecule has 5 nitrogen and oxygen atoms in total. The number of fused-ring (bicyclic) bond motifs is 1. The monoisotopic (exact) mass is 374 g/mol. The predicted octanol–water partition coefficient (Wildman–Crippen LogP) is 4.61. The Morgan fingerprint density at radius 2 is 1.93 bits per heavy atom. The molecular formula is C23H22N2O3. The molecule has 2 aromatic carbocycles. The summed E-state index contributed by atoms with van der Waals surface area (Å²) in [5.41, 5.74) is 3.61. The van der Waals surface area contributed by atoms with Crippen LogP contribution in [0.5, 0.6) is 0 Å². The number of rotatable bonds is 5. The molecule has 0 fully saturated rings. The maximum absolute atomic E-state index is 12.8. The molecular weight excluding hydrogens is 352 g/mol. The third-order valence-electron chi connectivity index (χ3n) is 5.15. The average Bonchev–Trinajstić information content (AvgIpc) is 3.39. The third kappa shape index (κ3) is 3.43. The highest BCUT2D eigenvalue weighted by Gasteiger charge is 2.28. The van der Waals surface area contributed by atoms with Crippen molar-refractivity contribution in [2.45, 2.75) is 25.7 Å². The number of furan rings is 1. The van der Waals surface area contributed by atoms with Gasteiger partial charge in [-0.2, -0.15) is 0 Å². The summed E-state index contributed by atoms with van der Waals surface area (Å²) in [5, 5.41) is 3.02. The van der Waals surface area contributed by atoms with E-state index in [4.69, 9.17) is 4.42 Å². The van der Waals surface area contributed by atoms with Gasteiger partial charge in [-0.3, -0.25) is 9.59 Å². The summed E-state index contributed by atoms with van der Waals surface area (Å²) in [5.74, 6) is -0.105. The van der Waals surface area contributed by atoms with E-state index >= 15 is 0 Å². The SMILES string of the molecule is CCC(C(=O)Nc1ccc2c(c1)N(C(=O)c1ccco1)CC2)c1ccccc1. The van der Waals surface area contributed by atoms with Crippen molar-refractivity contribution in [1.82, 2.24) is 0 Å². The molecule has 0 radical (unpaired) electrons. The highest BCUT2D eigenvalue weighted by Crippen LogP contribution is 2.32. The smallest absolute Gasteiger partial charge is 0.293 e. The number of anilines is 2. The number of hydrogen-bond acceptors (Lipinski definition) is 3. The molecule has 1 atom stereocenters. The molecule has 2 amide bonds. The summed E-state index contributed by atoms with van der Waals surface area (Å²) in [6.07, 6.45) is 3.00. The van der Waals surface area contributed by atoms with E-state index in [9.17, 15) is 9.59 Å². The van der Waals surface area contributed by atoms with E-state index < -0.39 is 0 Å². The summed E-state index contributed by atoms with van der Waals surface area (Å²) >= 11 is 0. The fraction of sp³-hybridized carbons (Fsp3) is 0.217. The molecule has 0 saturated carbocycles. The van der Waals surface area contributed by atoms with Gasteiger partial charge in [0.1, 0.15) is 0 Å². The van der Waals surface area contributed by atoms with Crippen LogP contribution in [0.1, 0.15) is 40.9 Å². The van der Waals surface area contributed by atoms with Gasteiger partial charge < -0.3 is 14.6 Å². The van der Waals surface area contributed by atoms with E-state index in [0.717, 1.165) is 23.2 Å². The fourth-order valence-corrected chi connectivity index (χ4v) is 3.69. The van der Waals surface area contributed by atoms with Crippen molar-refractivity contribution < 1.29 is 14.0 Å². The largest absolute Gasteiger partial charge is 0.459 e. The van der Waals surface area contributed by atoms with Crippen LogP contribution in [0.2, 0.25) is 0 Å². The Bertz CT molecular complexity index is 980. The van der Waals surface area contributed by atoms with Gasteiger partial charge in [-0.25, -0.2) is 0 Å². The number of nitrogens with zero attached hydrogens (tertiary/aromatic N) is 1. The first-order valence-corrected chi connectivity index (χ1v) is 9.51. The van der Waals surface area contributed by atoms with Crippen molar-refractivity contribution in [3.63, 3.8) is 0 Å². The van der Waals surface area contributed by atoms with E-state index in [1.54, 1.807) is 17.0 Å². The summed E-state index contributed by atoms with van der Waals surface area (Å²) in [6, 6.07) is 18.9. The summed E-state index contributed by atoms with van der Waals surface area (Å²) in [4.78, 5) is 27.2. The van der Waals surface area contributed by atoms with Gasteiger partial charge in [0.15, 0.2) is 5.76 Å². The first-order valence-electron chi connectivity index (χ1n) is 9.51. The van der Waals surface area contributed by atoms with Crippen LogP contribution in [0.3, 0.4) is 0 Å². The van der Waals surface area contributed by atoms with Gasteiger partial charge in [0, 0.05) is 17.9 Å². The molecule has 2 heterocycles. The van der Waals surface area contributed by atoms with Crippen LogP contribution in [-0.2, 0) is 11.2 Å². The van der Waals surface area contributed by atoms with Gasteiger partial charge in [0.2, 0.25) is 5.91 Å². The molecule has 0 spiro atoms. The lowest BCUT2D eigenvalue weighted by molar-refractivity contribution is -0.117. The number of carbonyl (C=O) groups excluding carboxylic acids is 2. The Kier molecular flexibility index (Phi) is 4.98. The molecule has 3 aromatic rings. The minimum absolute atomic E-state index is 0.0458. The standard InChI is InChI=1S/C23H22N2O3/c1-2-19(16-7-4-3-5-8-16)22(26)24-18-11-10-17-12-13-25(20(17)15-18)23(27)21-9-6-14-28-21/h3-11,14-15,19H,2,12-13H2,1H3,(H,24,26). The summed E-state index contributed by atoms with van der Waals surface area (Å²) in [6.45, 7) is 2.61. The lowest BCUT2D eigenvalue weighted by Gasteiger charge is -2.18. The summed E-state index contributed by atoms with van der Waals surface area (Å²) < 4.78 is 5.25. The van der Waals surface area contributed by atoms with Gasteiger partial charge in [-0.15, -0.1) is 0 Å². The van der Waals surface area contributed by atoms with Crippen molar-refractivity contribution in [2.75, 3.05) is 16.8 Å². The van der Waals surface area contributed by atoms with Crippen molar-refractivity contribution in [3.8, 4) is 0 Å². The van der Waals surface area contributed by atoms with Gasteiger partial charge in [0.05, 0.1) is 12.2 Å². The maximum atomic E-state index is 12.8. The van der Waals surface area contributed by atoms with Crippen molar-refractivity contribution in [1.29, 1.82) is 0 Å². The second-order valence-corrected chi connectivity index (χ2v) is 6.89. The zero-order chi connectivity index (χ0) is 19.5. The topological polar surface area (TPSA) is 62.6 Å². The van der Waals surface area contributed by atoms with Crippen LogP contribution in [0.4, 0.5) is 11.4 Å². The number of benzene rings is 2. The maximum Gasteiger partial charge on any atom is 0.293 e. The van der Waals surface area contributed by atoms with E-state index in [2.05, 4.69) is 5.32 Å². The van der Waals surface area contributed by atoms with Gasteiger partial charge in [0.25, 0.3) is 5.91 Å². The highest BCUT2D eigenvalue weighted by atomic mass is 16.3. The van der Waals surface area contributed by atoms with Crippen molar-refractivity contribution >= 4 is 23.2 Å². The first-order chi connectivity index (χ1) is 13.7. The van der Waals surface area contributed by atoms with Crippen LogP contribution < -0.4 is 10.2 Å². The molecule has 1 aliphatic heterocycles. The molecule has 1 aliphatic rings. The first kappa shape index (κ1) is 18.0. The van der Waals surface area contributed by atoms with Crippen LogP contribution in [0.15, 0.2) is 71.3 Å². The van der Waals surface area contributed by atoms with Gasteiger partial charge in [-0.05, 0) is 48.2 Å². The van der Waals surface area contributed by atoms with Crippen molar-refractivity contribution in [2.24, 2.45) is 0 Å². The quantitative estimate of drug-likeness (QED) is 0.709. The van der Waals surface area contributed by atoms with E-state index in [1.807, 2.05) is 55.5 Å². The Labute approximate surface area is 164 Å². The Balaban J connectivity index is 1.55. The molecule has 1 aromatic heterocycles. The van der Waals surface area contributed by atoms with E-state index in [-0.39, 0.29) is 17.7 Å². The number of carbonyl (C=O) groups is 2. The molecule has 0 saturated heterocycles. The Hall–Kier alpha value is -3.34. The normalized spacial score (nSPS) is 13.8. The minimum Gasteiger partial charge on any atom is -0.459 e. The number of amides is 2. The highest BCUT2D eigenvalue weighted by molar-refractivity contribution is 6.06. The zero-order valence-corrected chi connectivity index (χ0v) is 15.7. The summed E-state index contributed by atoms with van der Waals surface area (Å²) in [7, 11) is 0. The van der Waals surface area contributed by atoms with E-state index in [1.165, 1.54) is 6.26 Å². The van der Waals surface area contributed by atoms with Crippen LogP contribution in [0.25, 0.3) is 0 Å². The second-order valence-electron chi connectivity index (χ2n) is 6.89. The minimum atomic E-state index is -0.213. The predicted molar refractivity (Wildman–Crippen MR) is 109 cm³/mol. The molecule has 1 unspecified atom stereocenters. The van der Waals surface area contributed by atoms with Crippen LogP contribution in [-0.4, -0.2) is 18.4 Å². The second kappa shape index (κ2) is 7.72. The third-order valence-corrected chi connectivity index (χ3v) is 5.15.